The average molecular weight is 144 g/mol. The molecule has 2 heterocycles. The van der Waals surface area contributed by atoms with Gasteiger partial charge in [-0.2, -0.15) is 0 Å². The van der Waals surface area contributed by atoms with E-state index in [0.717, 1.165) is 0 Å². The van der Waals surface area contributed by atoms with Gasteiger partial charge >= 0.3 is 5.97 Å². The molecule has 0 amide bonds. The Hall–Kier alpha value is -0.610. The van der Waals surface area contributed by atoms with Crippen LogP contribution in [-0.2, 0) is 19.0 Å². The van der Waals surface area contributed by atoms with Gasteiger partial charge in [-0.1, -0.05) is 0 Å². The van der Waals surface area contributed by atoms with Crippen LogP contribution in [0.3, 0.4) is 0 Å². The van der Waals surface area contributed by atoms with E-state index in [1.54, 1.807) is 0 Å². The van der Waals surface area contributed by atoms with Gasteiger partial charge in [0.2, 0.25) is 0 Å². The zero-order valence-electron chi connectivity index (χ0n) is 5.41. The molecule has 2 unspecified atom stereocenters. The van der Waals surface area contributed by atoms with Crippen LogP contribution in [-0.4, -0.2) is 31.6 Å². The number of esters is 1. The highest BCUT2D eigenvalue weighted by atomic mass is 16.7. The third-order valence-corrected chi connectivity index (χ3v) is 1.71. The molecule has 0 radical (unpaired) electrons. The Kier molecular flexibility index (Phi) is 1.35. The van der Waals surface area contributed by atoms with Gasteiger partial charge in [0.1, 0.15) is 12.9 Å². The molecule has 0 aromatic rings. The highest BCUT2D eigenvalue weighted by Crippen LogP contribution is 2.21. The van der Waals surface area contributed by atoms with E-state index in [0.29, 0.717) is 13.0 Å². The molecule has 2 fully saturated rings. The second-order valence-corrected chi connectivity index (χ2v) is 2.43. The summed E-state index contributed by atoms with van der Waals surface area (Å²) in [5, 5.41) is 0. The number of carbonyl (C=O) groups excluding carboxylic acids is 1. The molecule has 4 heteroatoms. The van der Waals surface area contributed by atoms with Crippen LogP contribution in [0.5, 0.6) is 0 Å². The van der Waals surface area contributed by atoms with E-state index < -0.39 is 0 Å². The molecule has 0 bridgehead atoms. The maximum absolute atomic E-state index is 10.7. The van der Waals surface area contributed by atoms with Gasteiger partial charge in [0.05, 0.1) is 13.0 Å². The lowest BCUT2D eigenvalue weighted by Gasteiger charge is -2.22. The first-order chi connectivity index (χ1) is 4.86. The van der Waals surface area contributed by atoms with Crippen LogP contribution in [0.25, 0.3) is 0 Å². The van der Waals surface area contributed by atoms with E-state index in [-0.39, 0.29) is 25.0 Å². The van der Waals surface area contributed by atoms with Gasteiger partial charge in [-0.3, -0.25) is 4.79 Å². The molecule has 0 aromatic heterocycles. The first kappa shape index (κ1) is 6.12. The number of fused-ring (bicyclic) bond motifs is 1. The molecular formula is C6H8O4. The standard InChI is InChI=1S/C6H8O4/c7-6-1-4-5(10-6)2-8-3-9-4/h4-5H,1-3H2. The molecule has 0 aliphatic carbocycles. The van der Waals surface area contributed by atoms with Gasteiger partial charge in [-0.05, 0) is 0 Å². The van der Waals surface area contributed by atoms with Crippen LogP contribution in [0.2, 0.25) is 0 Å². The Labute approximate surface area is 58.1 Å². The maximum atomic E-state index is 10.7. The van der Waals surface area contributed by atoms with Crippen molar-refractivity contribution < 1.29 is 19.0 Å². The summed E-state index contributed by atoms with van der Waals surface area (Å²) < 4.78 is 14.9. The second-order valence-electron chi connectivity index (χ2n) is 2.43. The summed E-state index contributed by atoms with van der Waals surface area (Å²) in [6.07, 6.45) is 0.177. The number of carbonyl (C=O) groups is 1. The minimum atomic E-state index is -0.180. The Balaban J connectivity index is 2.04. The predicted molar refractivity (Wildman–Crippen MR) is 30.2 cm³/mol. The van der Waals surface area contributed by atoms with Crippen molar-refractivity contribution in [2.24, 2.45) is 0 Å². The summed E-state index contributed by atoms with van der Waals surface area (Å²) >= 11 is 0. The van der Waals surface area contributed by atoms with Gasteiger partial charge in [0.25, 0.3) is 0 Å². The smallest absolute Gasteiger partial charge is 0.309 e. The molecule has 2 aliphatic heterocycles. The predicted octanol–water partition coefficient (Wildman–Crippen LogP) is -0.325. The number of hydrogen-bond acceptors (Lipinski definition) is 4. The van der Waals surface area contributed by atoms with Crippen molar-refractivity contribution in [1.29, 1.82) is 0 Å². The highest BCUT2D eigenvalue weighted by Gasteiger charge is 2.38. The zero-order chi connectivity index (χ0) is 6.97. The van der Waals surface area contributed by atoms with E-state index in [9.17, 15) is 4.79 Å². The molecule has 0 spiro atoms. The topological polar surface area (TPSA) is 44.8 Å². The van der Waals surface area contributed by atoms with Crippen molar-refractivity contribution in [3.05, 3.63) is 0 Å². The summed E-state index contributed by atoms with van der Waals surface area (Å²) in [6, 6.07) is 0. The summed E-state index contributed by atoms with van der Waals surface area (Å²) in [5.74, 6) is -0.180. The Morgan fingerprint density at radius 2 is 2.30 bits per heavy atom. The number of ether oxygens (including phenoxy) is 3. The molecule has 0 saturated carbocycles. The van der Waals surface area contributed by atoms with Gasteiger partial charge in [0, 0.05) is 0 Å². The monoisotopic (exact) mass is 144 g/mol. The van der Waals surface area contributed by atoms with Gasteiger partial charge in [0.15, 0.2) is 6.10 Å². The molecule has 2 atom stereocenters. The maximum Gasteiger partial charge on any atom is 0.309 e. The van der Waals surface area contributed by atoms with Crippen molar-refractivity contribution in [2.75, 3.05) is 13.4 Å². The number of hydrogen-bond donors (Lipinski definition) is 0. The minimum Gasteiger partial charge on any atom is -0.457 e. The molecule has 2 aliphatic rings. The summed E-state index contributed by atoms with van der Waals surface area (Å²) in [7, 11) is 0. The van der Waals surface area contributed by atoms with Crippen molar-refractivity contribution in [1.82, 2.24) is 0 Å². The van der Waals surface area contributed by atoms with E-state index in [2.05, 4.69) is 0 Å². The Morgan fingerprint density at radius 1 is 1.40 bits per heavy atom. The average Bonchev–Trinajstić information content (AvgIpc) is 2.27. The lowest BCUT2D eigenvalue weighted by Crippen LogP contribution is -2.35. The summed E-state index contributed by atoms with van der Waals surface area (Å²) in [5.41, 5.74) is 0. The van der Waals surface area contributed by atoms with Gasteiger partial charge in [-0.15, -0.1) is 0 Å². The SMILES string of the molecule is O=C1CC2OCOCC2O1. The lowest BCUT2D eigenvalue weighted by atomic mass is 10.2. The van der Waals surface area contributed by atoms with E-state index in [1.807, 2.05) is 0 Å². The fourth-order valence-electron chi connectivity index (χ4n) is 1.20. The minimum absolute atomic E-state index is 0.0544. The van der Waals surface area contributed by atoms with Crippen molar-refractivity contribution in [2.45, 2.75) is 18.6 Å². The molecule has 0 N–H and O–H groups in total. The van der Waals surface area contributed by atoms with E-state index in [4.69, 9.17) is 14.2 Å². The molecular weight excluding hydrogens is 136 g/mol. The Bertz CT molecular complexity index is 140. The van der Waals surface area contributed by atoms with Crippen LogP contribution in [0.4, 0.5) is 0 Å². The first-order valence-corrected chi connectivity index (χ1v) is 3.25. The van der Waals surface area contributed by atoms with Crippen LogP contribution in [0, 0.1) is 0 Å². The summed E-state index contributed by atoms with van der Waals surface area (Å²) in [6.45, 7) is 0.772. The number of rotatable bonds is 0. The first-order valence-electron chi connectivity index (χ1n) is 3.25. The Morgan fingerprint density at radius 3 is 3.10 bits per heavy atom. The molecule has 56 valence electrons. The van der Waals surface area contributed by atoms with Gasteiger partial charge in [-0.25, -0.2) is 0 Å². The van der Waals surface area contributed by atoms with Crippen molar-refractivity contribution in [3.63, 3.8) is 0 Å². The van der Waals surface area contributed by atoms with Crippen molar-refractivity contribution in [3.8, 4) is 0 Å². The van der Waals surface area contributed by atoms with Crippen LogP contribution in [0.15, 0.2) is 0 Å². The van der Waals surface area contributed by atoms with Gasteiger partial charge < -0.3 is 14.2 Å². The second kappa shape index (κ2) is 2.21. The fourth-order valence-corrected chi connectivity index (χ4v) is 1.20. The lowest BCUT2D eigenvalue weighted by molar-refractivity contribution is -0.180. The third-order valence-electron chi connectivity index (χ3n) is 1.71. The van der Waals surface area contributed by atoms with Crippen LogP contribution < -0.4 is 0 Å². The molecule has 2 rings (SSSR count). The van der Waals surface area contributed by atoms with Crippen molar-refractivity contribution >= 4 is 5.97 Å². The van der Waals surface area contributed by atoms with Crippen LogP contribution in [0.1, 0.15) is 6.42 Å². The quantitative estimate of drug-likeness (QED) is 0.437. The largest absolute Gasteiger partial charge is 0.457 e. The third kappa shape index (κ3) is 0.892. The molecule has 0 aromatic carbocycles. The molecule has 2 saturated heterocycles. The van der Waals surface area contributed by atoms with E-state index in [1.165, 1.54) is 0 Å². The summed E-state index contributed by atoms with van der Waals surface area (Å²) in [4.78, 5) is 10.7. The molecule has 10 heavy (non-hydrogen) atoms. The van der Waals surface area contributed by atoms with E-state index >= 15 is 0 Å². The fraction of sp³-hybridized carbons (Fsp3) is 0.833. The van der Waals surface area contributed by atoms with Crippen LogP contribution >= 0.6 is 0 Å². The zero-order valence-corrected chi connectivity index (χ0v) is 5.41. The molecule has 4 nitrogen and oxygen atoms in total. The normalized spacial score (nSPS) is 39.0. The highest BCUT2D eigenvalue weighted by molar-refractivity contribution is 5.72.